The number of aryl methyl sites for hydroxylation is 1. The number of benzene rings is 2. The molecule has 130 valence electrons. The van der Waals surface area contributed by atoms with Gasteiger partial charge in [0.1, 0.15) is 5.75 Å². The van der Waals surface area contributed by atoms with Crippen molar-refractivity contribution in [3.05, 3.63) is 65.4 Å². The first kappa shape index (κ1) is 17.1. The number of ether oxygens (including phenoxy) is 1. The van der Waals surface area contributed by atoms with Crippen molar-refractivity contribution in [2.45, 2.75) is 26.3 Å². The van der Waals surface area contributed by atoms with Crippen LogP contribution in [0.1, 0.15) is 29.8 Å². The molecule has 4 nitrogen and oxygen atoms in total. The number of carbonyl (C=O) groups is 1. The van der Waals surface area contributed by atoms with E-state index in [-0.39, 0.29) is 11.9 Å². The van der Waals surface area contributed by atoms with Gasteiger partial charge in [-0.25, -0.2) is 0 Å². The van der Waals surface area contributed by atoms with Crippen LogP contribution < -0.4 is 4.74 Å². The average Bonchev–Trinajstić information content (AvgIpc) is 2.95. The molecule has 2 aromatic carbocycles. The fraction of sp³-hybridized carbons (Fsp3) is 0.286. The van der Waals surface area contributed by atoms with E-state index in [1.165, 1.54) is 0 Å². The van der Waals surface area contributed by atoms with E-state index in [9.17, 15) is 4.79 Å². The van der Waals surface area contributed by atoms with Crippen LogP contribution in [0.3, 0.4) is 0 Å². The van der Waals surface area contributed by atoms with E-state index in [0.717, 1.165) is 33.5 Å². The van der Waals surface area contributed by atoms with Crippen molar-refractivity contribution in [3.8, 4) is 5.75 Å². The molecule has 0 saturated carbocycles. The van der Waals surface area contributed by atoms with Crippen molar-refractivity contribution in [2.24, 2.45) is 0 Å². The summed E-state index contributed by atoms with van der Waals surface area (Å²) in [7, 11) is 3.51. The zero-order chi connectivity index (χ0) is 18.0. The van der Waals surface area contributed by atoms with Crippen LogP contribution in [0.25, 0.3) is 10.9 Å². The smallest absolute Gasteiger partial charge is 0.227 e. The fourth-order valence-electron chi connectivity index (χ4n) is 3.27. The number of aromatic amines is 1. The first-order valence-electron chi connectivity index (χ1n) is 8.47. The molecule has 3 rings (SSSR count). The van der Waals surface area contributed by atoms with Gasteiger partial charge in [-0.2, -0.15) is 0 Å². The van der Waals surface area contributed by atoms with Gasteiger partial charge in [0.05, 0.1) is 19.6 Å². The Morgan fingerprint density at radius 1 is 1.16 bits per heavy atom. The van der Waals surface area contributed by atoms with Crippen LogP contribution in [0.15, 0.2) is 48.5 Å². The van der Waals surface area contributed by atoms with Crippen LogP contribution in [-0.4, -0.2) is 29.9 Å². The van der Waals surface area contributed by atoms with Gasteiger partial charge in [-0.05, 0) is 31.5 Å². The Balaban J connectivity index is 1.84. The van der Waals surface area contributed by atoms with Gasteiger partial charge in [-0.1, -0.05) is 36.4 Å². The number of hydrogen-bond donors (Lipinski definition) is 1. The van der Waals surface area contributed by atoms with E-state index in [1.54, 1.807) is 12.0 Å². The molecule has 0 bridgehead atoms. The minimum Gasteiger partial charge on any atom is -0.496 e. The lowest BCUT2D eigenvalue weighted by molar-refractivity contribution is -0.131. The molecule has 1 unspecified atom stereocenters. The average molecular weight is 336 g/mol. The predicted octanol–water partition coefficient (Wildman–Crippen LogP) is 4.25. The van der Waals surface area contributed by atoms with Gasteiger partial charge in [0.25, 0.3) is 0 Å². The molecule has 1 heterocycles. The molecular formula is C21H24N2O2. The number of amides is 1. The number of hydrogen-bond acceptors (Lipinski definition) is 2. The first-order valence-corrected chi connectivity index (χ1v) is 8.47. The maximum absolute atomic E-state index is 12.9. The van der Waals surface area contributed by atoms with Crippen LogP contribution in [0.5, 0.6) is 5.75 Å². The van der Waals surface area contributed by atoms with Gasteiger partial charge in [0.15, 0.2) is 0 Å². The number of aromatic nitrogens is 1. The Morgan fingerprint density at radius 2 is 1.84 bits per heavy atom. The molecule has 4 heteroatoms. The highest BCUT2D eigenvalue weighted by Crippen LogP contribution is 2.29. The maximum atomic E-state index is 12.9. The Kier molecular flexibility index (Phi) is 4.79. The molecule has 0 fully saturated rings. The highest BCUT2D eigenvalue weighted by molar-refractivity contribution is 5.90. The van der Waals surface area contributed by atoms with E-state index < -0.39 is 0 Å². The van der Waals surface area contributed by atoms with Crippen molar-refractivity contribution in [1.29, 1.82) is 0 Å². The molecule has 1 N–H and O–H groups in total. The van der Waals surface area contributed by atoms with Gasteiger partial charge >= 0.3 is 0 Å². The number of nitrogens with one attached hydrogen (secondary N) is 1. The molecule has 0 aliphatic rings. The second-order valence-electron chi connectivity index (χ2n) is 6.37. The molecule has 0 aliphatic heterocycles. The number of rotatable bonds is 5. The Hall–Kier alpha value is -2.75. The van der Waals surface area contributed by atoms with Crippen molar-refractivity contribution in [1.82, 2.24) is 9.88 Å². The molecule has 0 saturated heterocycles. The predicted molar refractivity (Wildman–Crippen MR) is 101 cm³/mol. The molecule has 1 amide bonds. The van der Waals surface area contributed by atoms with Crippen LogP contribution in [0.4, 0.5) is 0 Å². The topological polar surface area (TPSA) is 45.3 Å². The fourth-order valence-corrected chi connectivity index (χ4v) is 3.27. The summed E-state index contributed by atoms with van der Waals surface area (Å²) in [6, 6.07) is 15.9. The van der Waals surface area contributed by atoms with Gasteiger partial charge in [-0.15, -0.1) is 0 Å². The van der Waals surface area contributed by atoms with E-state index in [0.29, 0.717) is 6.42 Å². The standard InChI is InChI=1S/C21H24N2O2/c1-14-18(17-10-5-7-11-19(17)22-14)13-21(24)23(3)15(2)16-9-6-8-12-20(16)25-4/h5-12,15,22H,13H2,1-4H3. The summed E-state index contributed by atoms with van der Waals surface area (Å²) in [6.07, 6.45) is 0.381. The second kappa shape index (κ2) is 7.01. The Morgan fingerprint density at radius 3 is 2.60 bits per heavy atom. The SMILES string of the molecule is COc1ccccc1C(C)N(C)C(=O)Cc1c(C)[nH]c2ccccc12. The van der Waals surface area contributed by atoms with Crippen molar-refractivity contribution < 1.29 is 9.53 Å². The number of carbonyl (C=O) groups excluding carboxylic acids is 1. The maximum Gasteiger partial charge on any atom is 0.227 e. The molecule has 25 heavy (non-hydrogen) atoms. The first-order chi connectivity index (χ1) is 12.0. The summed E-state index contributed by atoms with van der Waals surface area (Å²) < 4.78 is 5.44. The normalized spacial score (nSPS) is 12.2. The third-order valence-corrected chi connectivity index (χ3v) is 4.92. The highest BCUT2D eigenvalue weighted by atomic mass is 16.5. The van der Waals surface area contributed by atoms with Crippen molar-refractivity contribution >= 4 is 16.8 Å². The second-order valence-corrected chi connectivity index (χ2v) is 6.37. The number of H-pyrrole nitrogens is 1. The summed E-state index contributed by atoms with van der Waals surface area (Å²) in [5.74, 6) is 0.893. The summed E-state index contributed by atoms with van der Waals surface area (Å²) in [6.45, 7) is 4.05. The molecular weight excluding hydrogens is 312 g/mol. The van der Waals surface area contributed by atoms with E-state index >= 15 is 0 Å². The summed E-state index contributed by atoms with van der Waals surface area (Å²) >= 11 is 0. The Labute approximate surface area is 148 Å². The van der Waals surface area contributed by atoms with E-state index in [1.807, 2.05) is 63.4 Å². The zero-order valence-electron chi connectivity index (χ0n) is 15.2. The number of fused-ring (bicyclic) bond motifs is 1. The van der Waals surface area contributed by atoms with Crippen molar-refractivity contribution in [2.75, 3.05) is 14.2 Å². The summed E-state index contributed by atoms with van der Waals surface area (Å²) in [4.78, 5) is 18.0. The van der Waals surface area contributed by atoms with Crippen LogP contribution in [0.2, 0.25) is 0 Å². The molecule has 1 aromatic heterocycles. The number of methoxy groups -OCH3 is 1. The van der Waals surface area contributed by atoms with Gasteiger partial charge in [-0.3, -0.25) is 4.79 Å². The highest BCUT2D eigenvalue weighted by Gasteiger charge is 2.22. The summed E-state index contributed by atoms with van der Waals surface area (Å²) in [5, 5.41) is 1.12. The lowest BCUT2D eigenvalue weighted by Gasteiger charge is -2.26. The lowest BCUT2D eigenvalue weighted by Crippen LogP contribution is -2.31. The molecule has 3 aromatic rings. The Bertz CT molecular complexity index is 898. The van der Waals surface area contributed by atoms with E-state index in [2.05, 4.69) is 11.1 Å². The minimum absolute atomic E-state index is 0.0610. The van der Waals surface area contributed by atoms with Gasteiger partial charge in [0, 0.05) is 29.2 Å². The third kappa shape index (κ3) is 3.25. The van der Waals surface area contributed by atoms with Gasteiger partial charge < -0.3 is 14.6 Å². The largest absolute Gasteiger partial charge is 0.496 e. The quantitative estimate of drug-likeness (QED) is 0.757. The number of likely N-dealkylation sites (N-methyl/N-ethyl adjacent to an activating group) is 1. The van der Waals surface area contributed by atoms with Crippen molar-refractivity contribution in [3.63, 3.8) is 0 Å². The lowest BCUT2D eigenvalue weighted by atomic mass is 10.0. The van der Waals surface area contributed by atoms with Crippen LogP contribution >= 0.6 is 0 Å². The molecule has 0 radical (unpaired) electrons. The van der Waals surface area contributed by atoms with E-state index in [4.69, 9.17) is 4.74 Å². The molecule has 1 atom stereocenters. The van der Waals surface area contributed by atoms with Crippen LogP contribution in [0, 0.1) is 6.92 Å². The molecule has 0 spiro atoms. The number of nitrogens with zero attached hydrogens (tertiary/aromatic N) is 1. The zero-order valence-corrected chi connectivity index (χ0v) is 15.2. The van der Waals surface area contributed by atoms with Crippen LogP contribution in [-0.2, 0) is 11.2 Å². The summed E-state index contributed by atoms with van der Waals surface area (Å²) in [5.41, 5.74) is 4.20. The monoisotopic (exact) mass is 336 g/mol. The van der Waals surface area contributed by atoms with Gasteiger partial charge in [0.2, 0.25) is 5.91 Å². The third-order valence-electron chi connectivity index (χ3n) is 4.92. The minimum atomic E-state index is -0.0610. The number of para-hydroxylation sites is 2. The molecule has 0 aliphatic carbocycles.